The fourth-order valence-electron chi connectivity index (χ4n) is 2.18. The predicted molar refractivity (Wildman–Crippen MR) is 71.0 cm³/mol. The Morgan fingerprint density at radius 3 is 2.74 bits per heavy atom. The molecule has 0 saturated carbocycles. The number of hydrogen-bond donors (Lipinski definition) is 1. The molecule has 0 atom stereocenters. The summed E-state index contributed by atoms with van der Waals surface area (Å²) in [4.78, 5) is 4.43. The highest BCUT2D eigenvalue weighted by Gasteiger charge is 2.39. The van der Waals surface area contributed by atoms with E-state index < -0.39 is 5.60 Å². The summed E-state index contributed by atoms with van der Waals surface area (Å²) in [6, 6.07) is 0.467. The van der Waals surface area contributed by atoms with E-state index in [1.54, 1.807) is 0 Å². The largest absolute Gasteiger partial charge is 0.381 e. The van der Waals surface area contributed by atoms with E-state index in [-0.39, 0.29) is 0 Å². The average molecular weight is 269 g/mol. The number of hydrogen-bond acceptors (Lipinski definition) is 6. The van der Waals surface area contributed by atoms with Crippen molar-refractivity contribution in [2.45, 2.75) is 39.2 Å². The van der Waals surface area contributed by atoms with Crippen LogP contribution >= 0.6 is 0 Å². The van der Waals surface area contributed by atoms with Crippen molar-refractivity contribution in [1.82, 2.24) is 10.1 Å². The van der Waals surface area contributed by atoms with Crippen LogP contribution in [0.5, 0.6) is 0 Å². The Hall–Kier alpha value is -1.14. The van der Waals surface area contributed by atoms with Crippen LogP contribution in [0, 0.1) is 5.92 Å². The van der Waals surface area contributed by atoms with Crippen LogP contribution in [0.15, 0.2) is 4.52 Å². The van der Waals surface area contributed by atoms with Crippen LogP contribution in [0.4, 0.5) is 6.01 Å². The number of ether oxygens (including phenoxy) is 2. The van der Waals surface area contributed by atoms with Crippen molar-refractivity contribution in [3.63, 3.8) is 0 Å². The summed E-state index contributed by atoms with van der Waals surface area (Å²) in [7, 11) is 0. The van der Waals surface area contributed by atoms with Crippen molar-refractivity contribution in [1.29, 1.82) is 0 Å². The third-order valence-electron chi connectivity index (χ3n) is 3.22. The Labute approximate surface area is 113 Å². The Morgan fingerprint density at radius 1 is 1.37 bits per heavy atom. The van der Waals surface area contributed by atoms with Crippen LogP contribution in [0.1, 0.15) is 39.4 Å². The van der Waals surface area contributed by atoms with E-state index >= 15 is 0 Å². The molecule has 0 aliphatic carbocycles. The van der Waals surface area contributed by atoms with Gasteiger partial charge in [0.15, 0.2) is 0 Å². The summed E-state index contributed by atoms with van der Waals surface area (Å²) in [5.41, 5.74) is -0.450. The van der Waals surface area contributed by atoms with Gasteiger partial charge >= 0.3 is 6.01 Å². The number of rotatable bonds is 6. The van der Waals surface area contributed by atoms with E-state index in [1.165, 1.54) is 0 Å². The second-order valence-electron chi connectivity index (χ2n) is 5.24. The minimum absolute atomic E-state index is 0.450. The van der Waals surface area contributed by atoms with Crippen LogP contribution in [0.3, 0.4) is 0 Å². The van der Waals surface area contributed by atoms with Gasteiger partial charge in [-0.25, -0.2) is 0 Å². The van der Waals surface area contributed by atoms with E-state index in [1.807, 2.05) is 6.92 Å². The Balaban J connectivity index is 2.09. The van der Waals surface area contributed by atoms with E-state index in [0.717, 1.165) is 19.4 Å². The van der Waals surface area contributed by atoms with Gasteiger partial charge in [-0.2, -0.15) is 4.98 Å². The van der Waals surface area contributed by atoms with Crippen LogP contribution < -0.4 is 5.32 Å². The Morgan fingerprint density at radius 2 is 2.11 bits per heavy atom. The maximum absolute atomic E-state index is 5.90. The lowest BCUT2D eigenvalue weighted by Crippen LogP contribution is -2.37. The fraction of sp³-hybridized carbons (Fsp3) is 0.846. The third kappa shape index (κ3) is 3.45. The zero-order valence-electron chi connectivity index (χ0n) is 11.9. The first-order chi connectivity index (χ1) is 9.16. The molecule has 0 bridgehead atoms. The second kappa shape index (κ2) is 6.34. The van der Waals surface area contributed by atoms with Gasteiger partial charge in [-0.1, -0.05) is 19.0 Å². The molecule has 1 aromatic heterocycles. The minimum atomic E-state index is -0.450. The lowest BCUT2D eigenvalue weighted by atomic mass is 9.93. The zero-order valence-corrected chi connectivity index (χ0v) is 11.9. The highest BCUT2D eigenvalue weighted by Crippen LogP contribution is 2.34. The first-order valence-electron chi connectivity index (χ1n) is 6.96. The smallest absolute Gasteiger partial charge is 0.321 e. The first-order valence-corrected chi connectivity index (χ1v) is 6.96. The summed E-state index contributed by atoms with van der Waals surface area (Å²) in [5.74, 6) is 1.16. The monoisotopic (exact) mass is 269 g/mol. The van der Waals surface area contributed by atoms with Gasteiger partial charge in [-0.3, -0.25) is 0 Å². The maximum Gasteiger partial charge on any atom is 0.321 e. The molecule has 1 aliphatic heterocycles. The number of nitrogens with zero attached hydrogens (tertiary/aromatic N) is 2. The summed E-state index contributed by atoms with van der Waals surface area (Å²) in [6.07, 6.45) is 1.54. The van der Waals surface area contributed by atoms with Crippen LogP contribution in [-0.2, 0) is 15.1 Å². The topological polar surface area (TPSA) is 69.4 Å². The molecule has 1 aliphatic rings. The van der Waals surface area contributed by atoms with E-state index in [9.17, 15) is 0 Å². The van der Waals surface area contributed by atoms with Gasteiger partial charge in [-0.05, 0) is 12.8 Å². The van der Waals surface area contributed by atoms with E-state index in [2.05, 4.69) is 29.3 Å². The standard InChI is InChI=1S/C13H23N3O3/c1-4-18-13(5-7-17-8-6-13)11-15-12(19-16-11)14-9-10(2)3/h10H,4-9H2,1-3H3,(H,14,15,16). The molecule has 2 rings (SSSR count). The van der Waals surface area contributed by atoms with Crippen molar-refractivity contribution in [3.8, 4) is 0 Å². The van der Waals surface area contributed by atoms with Crippen molar-refractivity contribution in [2.75, 3.05) is 31.7 Å². The highest BCUT2D eigenvalue weighted by molar-refractivity contribution is 5.20. The normalized spacial score (nSPS) is 18.7. The van der Waals surface area contributed by atoms with Crippen LogP contribution in [0.2, 0.25) is 0 Å². The van der Waals surface area contributed by atoms with E-state index in [4.69, 9.17) is 14.0 Å². The minimum Gasteiger partial charge on any atom is -0.381 e. The van der Waals surface area contributed by atoms with Crippen molar-refractivity contribution in [3.05, 3.63) is 5.82 Å². The molecule has 1 N–H and O–H groups in total. The molecule has 6 nitrogen and oxygen atoms in total. The molecule has 0 unspecified atom stereocenters. The second-order valence-corrected chi connectivity index (χ2v) is 5.24. The van der Waals surface area contributed by atoms with Crippen molar-refractivity contribution >= 4 is 6.01 Å². The quantitative estimate of drug-likeness (QED) is 0.853. The van der Waals surface area contributed by atoms with Gasteiger partial charge in [0.1, 0.15) is 5.60 Å². The summed E-state index contributed by atoms with van der Waals surface area (Å²) in [6.45, 7) is 9.02. The molecule has 1 saturated heterocycles. The molecule has 1 fully saturated rings. The molecule has 2 heterocycles. The number of anilines is 1. The van der Waals surface area contributed by atoms with E-state index in [0.29, 0.717) is 37.6 Å². The molecule has 108 valence electrons. The average Bonchev–Trinajstić information content (AvgIpc) is 2.87. The van der Waals surface area contributed by atoms with Crippen molar-refractivity contribution < 1.29 is 14.0 Å². The first kappa shape index (κ1) is 14.3. The Bertz CT molecular complexity index is 381. The van der Waals surface area contributed by atoms with Gasteiger partial charge in [-0.15, -0.1) is 0 Å². The van der Waals surface area contributed by atoms with Crippen LogP contribution in [0.25, 0.3) is 0 Å². The number of aromatic nitrogens is 2. The maximum atomic E-state index is 5.90. The molecule has 0 aromatic carbocycles. The van der Waals surface area contributed by atoms with Gasteiger partial charge in [0.05, 0.1) is 0 Å². The lowest BCUT2D eigenvalue weighted by Gasteiger charge is -2.33. The fourth-order valence-corrected chi connectivity index (χ4v) is 2.18. The lowest BCUT2D eigenvalue weighted by molar-refractivity contribution is -0.118. The zero-order chi connectivity index (χ0) is 13.7. The summed E-state index contributed by atoms with van der Waals surface area (Å²) < 4.78 is 16.5. The molecular weight excluding hydrogens is 246 g/mol. The molecule has 0 amide bonds. The van der Waals surface area contributed by atoms with Crippen LogP contribution in [-0.4, -0.2) is 36.5 Å². The molecule has 19 heavy (non-hydrogen) atoms. The Kier molecular flexibility index (Phi) is 4.76. The summed E-state index contributed by atoms with van der Waals surface area (Å²) >= 11 is 0. The molecular formula is C13H23N3O3. The van der Waals surface area contributed by atoms with Gasteiger partial charge in [0.25, 0.3) is 0 Å². The SMILES string of the molecule is CCOC1(c2noc(NCC(C)C)n2)CCOCC1. The molecule has 0 radical (unpaired) electrons. The van der Waals surface area contributed by atoms with Gasteiger partial charge in [0.2, 0.25) is 5.82 Å². The molecule has 0 spiro atoms. The number of nitrogens with one attached hydrogen (secondary N) is 1. The summed E-state index contributed by atoms with van der Waals surface area (Å²) in [5, 5.41) is 7.22. The van der Waals surface area contributed by atoms with Crippen molar-refractivity contribution in [2.24, 2.45) is 5.92 Å². The third-order valence-corrected chi connectivity index (χ3v) is 3.22. The molecule has 1 aromatic rings. The van der Waals surface area contributed by atoms with Gasteiger partial charge in [0, 0.05) is 39.2 Å². The van der Waals surface area contributed by atoms with Gasteiger partial charge < -0.3 is 19.3 Å². The molecule has 6 heteroatoms. The highest BCUT2D eigenvalue weighted by atomic mass is 16.5. The predicted octanol–water partition coefficient (Wildman–Crippen LogP) is 2.18.